The van der Waals surface area contributed by atoms with Gasteiger partial charge in [0.1, 0.15) is 16.4 Å². The van der Waals surface area contributed by atoms with Crippen LogP contribution in [0.4, 0.5) is 5.69 Å². The average molecular weight is 375 g/mol. The van der Waals surface area contributed by atoms with Crippen LogP contribution in [0.3, 0.4) is 0 Å². The van der Waals surface area contributed by atoms with E-state index in [9.17, 15) is 9.90 Å². The molecule has 1 aliphatic rings. The molecule has 1 aromatic carbocycles. The number of aromatic nitrogens is 1. The number of hydrogen-bond acceptors (Lipinski definition) is 5. The third-order valence-electron chi connectivity index (χ3n) is 3.58. The van der Waals surface area contributed by atoms with E-state index in [0.29, 0.717) is 20.7 Å². The average Bonchev–Trinajstić information content (AvgIpc) is 3.11. The maximum atomic E-state index is 12.1. The molecule has 0 bridgehead atoms. The van der Waals surface area contributed by atoms with Gasteiger partial charge in [-0.2, -0.15) is 0 Å². The SMILES string of the molecule is COC(=O)C1=C(O)/C(=C\c2cccn2C)SC1=Nc1cccc(Cl)c1. The summed E-state index contributed by atoms with van der Waals surface area (Å²) in [5.41, 5.74) is 1.53. The topological polar surface area (TPSA) is 63.8 Å². The third-order valence-corrected chi connectivity index (χ3v) is 4.84. The monoisotopic (exact) mass is 374 g/mol. The second-order valence-corrected chi connectivity index (χ2v) is 6.73. The lowest BCUT2D eigenvalue weighted by Crippen LogP contribution is -2.10. The molecular formula is C18H15ClN2O3S. The normalized spacial score (nSPS) is 17.6. The predicted octanol–water partition coefficient (Wildman–Crippen LogP) is 4.48. The van der Waals surface area contributed by atoms with Crippen LogP contribution in [0.1, 0.15) is 5.69 Å². The number of methoxy groups -OCH3 is 1. The number of benzene rings is 1. The Morgan fingerprint density at radius 3 is 2.80 bits per heavy atom. The van der Waals surface area contributed by atoms with Crippen LogP contribution in [0.2, 0.25) is 5.02 Å². The van der Waals surface area contributed by atoms with Crippen LogP contribution >= 0.6 is 23.4 Å². The molecular weight excluding hydrogens is 360 g/mol. The molecule has 25 heavy (non-hydrogen) atoms. The van der Waals surface area contributed by atoms with E-state index in [0.717, 1.165) is 5.69 Å². The van der Waals surface area contributed by atoms with Crippen molar-refractivity contribution in [1.82, 2.24) is 4.57 Å². The molecule has 0 aliphatic carbocycles. The van der Waals surface area contributed by atoms with Crippen molar-refractivity contribution < 1.29 is 14.6 Å². The first kappa shape index (κ1) is 17.4. The van der Waals surface area contributed by atoms with E-state index in [1.54, 1.807) is 30.3 Å². The van der Waals surface area contributed by atoms with E-state index in [2.05, 4.69) is 4.99 Å². The maximum Gasteiger partial charge on any atom is 0.344 e. The number of ether oxygens (including phenoxy) is 1. The number of carbonyl (C=O) groups is 1. The Morgan fingerprint density at radius 1 is 1.36 bits per heavy atom. The first-order chi connectivity index (χ1) is 12.0. The van der Waals surface area contributed by atoms with Gasteiger partial charge < -0.3 is 14.4 Å². The molecule has 0 fully saturated rings. The number of nitrogens with zero attached hydrogens (tertiary/aromatic N) is 2. The lowest BCUT2D eigenvalue weighted by Gasteiger charge is -2.02. The van der Waals surface area contributed by atoms with Crippen LogP contribution in [0.5, 0.6) is 0 Å². The molecule has 1 aliphatic heterocycles. The van der Waals surface area contributed by atoms with E-state index in [1.807, 2.05) is 29.9 Å². The number of carbonyl (C=O) groups excluding carboxylic acids is 1. The smallest absolute Gasteiger partial charge is 0.344 e. The Balaban J connectivity index is 2.06. The number of hydrogen-bond donors (Lipinski definition) is 1. The largest absolute Gasteiger partial charge is 0.506 e. The Morgan fingerprint density at radius 2 is 2.16 bits per heavy atom. The Kier molecular flexibility index (Phi) is 5.01. The summed E-state index contributed by atoms with van der Waals surface area (Å²) in [5.74, 6) is -0.778. The molecule has 0 amide bonds. The summed E-state index contributed by atoms with van der Waals surface area (Å²) in [5, 5.41) is 11.4. The first-order valence-electron chi connectivity index (χ1n) is 7.37. The summed E-state index contributed by atoms with van der Waals surface area (Å²) in [4.78, 5) is 17.1. The van der Waals surface area contributed by atoms with Gasteiger partial charge in [0.25, 0.3) is 0 Å². The van der Waals surface area contributed by atoms with Crippen molar-refractivity contribution in [1.29, 1.82) is 0 Å². The van der Waals surface area contributed by atoms with Crippen LogP contribution < -0.4 is 0 Å². The summed E-state index contributed by atoms with van der Waals surface area (Å²) in [6.45, 7) is 0. The van der Waals surface area contributed by atoms with Gasteiger partial charge in [-0.1, -0.05) is 29.4 Å². The molecule has 5 nitrogen and oxygen atoms in total. The highest BCUT2D eigenvalue weighted by molar-refractivity contribution is 8.18. The minimum atomic E-state index is -0.638. The van der Waals surface area contributed by atoms with Gasteiger partial charge in [0.05, 0.1) is 17.7 Å². The zero-order valence-corrected chi connectivity index (χ0v) is 15.1. The Hall–Kier alpha value is -2.44. The molecule has 1 N–H and O–H groups in total. The number of halogens is 1. The maximum absolute atomic E-state index is 12.1. The fourth-order valence-electron chi connectivity index (χ4n) is 2.31. The lowest BCUT2D eigenvalue weighted by molar-refractivity contribution is -0.135. The highest BCUT2D eigenvalue weighted by Crippen LogP contribution is 2.40. The van der Waals surface area contributed by atoms with Crippen LogP contribution in [-0.4, -0.2) is 27.8 Å². The molecule has 2 aromatic rings. The number of thioether (sulfide) groups is 1. The molecule has 0 saturated heterocycles. The van der Waals surface area contributed by atoms with Crippen LogP contribution in [0.15, 0.2) is 63.8 Å². The van der Waals surface area contributed by atoms with Gasteiger partial charge in [-0.25, -0.2) is 9.79 Å². The fraction of sp³-hybridized carbons (Fsp3) is 0.111. The highest BCUT2D eigenvalue weighted by atomic mass is 35.5. The van der Waals surface area contributed by atoms with Gasteiger partial charge in [0, 0.05) is 24.0 Å². The van der Waals surface area contributed by atoms with Gasteiger partial charge >= 0.3 is 5.97 Å². The van der Waals surface area contributed by atoms with Crippen LogP contribution in [0.25, 0.3) is 6.08 Å². The fourth-order valence-corrected chi connectivity index (χ4v) is 3.52. The molecule has 7 heteroatoms. The summed E-state index contributed by atoms with van der Waals surface area (Å²) < 4.78 is 6.70. The van der Waals surface area contributed by atoms with Gasteiger partial charge in [0.15, 0.2) is 0 Å². The summed E-state index contributed by atoms with van der Waals surface area (Å²) in [7, 11) is 3.16. The number of esters is 1. The minimum absolute atomic E-state index is 0.0490. The first-order valence-corrected chi connectivity index (χ1v) is 8.56. The van der Waals surface area contributed by atoms with E-state index in [-0.39, 0.29) is 11.3 Å². The third kappa shape index (κ3) is 3.65. The van der Waals surface area contributed by atoms with Crippen LogP contribution in [-0.2, 0) is 16.6 Å². The number of aryl methyl sites for hydroxylation is 1. The van der Waals surface area contributed by atoms with Crippen molar-refractivity contribution in [2.24, 2.45) is 12.0 Å². The standard InChI is InChI=1S/C18H15ClN2O3S/c1-21-8-4-7-13(21)10-14-16(22)15(18(23)24-2)17(25-14)20-12-6-3-5-11(19)9-12/h3-10,22H,1-2H3/b14-10+,20-17?. The van der Waals surface area contributed by atoms with Gasteiger partial charge in [-0.3, -0.25) is 0 Å². The van der Waals surface area contributed by atoms with E-state index >= 15 is 0 Å². The lowest BCUT2D eigenvalue weighted by atomic mass is 10.2. The number of aliphatic hydroxyl groups is 1. The zero-order valence-electron chi connectivity index (χ0n) is 13.6. The van der Waals surface area contributed by atoms with Gasteiger partial charge in [-0.15, -0.1) is 0 Å². The van der Waals surface area contributed by atoms with E-state index in [1.165, 1.54) is 18.9 Å². The van der Waals surface area contributed by atoms with E-state index in [4.69, 9.17) is 16.3 Å². The summed E-state index contributed by atoms with van der Waals surface area (Å²) in [6.07, 6.45) is 3.69. The minimum Gasteiger partial charge on any atom is -0.506 e. The van der Waals surface area contributed by atoms with Crippen LogP contribution in [0, 0.1) is 0 Å². The highest BCUT2D eigenvalue weighted by Gasteiger charge is 2.33. The molecule has 0 atom stereocenters. The quantitative estimate of drug-likeness (QED) is 0.804. The van der Waals surface area contributed by atoms with Gasteiger partial charge in [0.2, 0.25) is 0 Å². The number of rotatable bonds is 3. The van der Waals surface area contributed by atoms with Crippen molar-refractivity contribution >= 4 is 46.1 Å². The second kappa shape index (κ2) is 7.21. The molecule has 0 radical (unpaired) electrons. The number of aliphatic hydroxyl groups excluding tert-OH is 1. The number of aliphatic imine (C=N–C) groups is 1. The molecule has 3 rings (SSSR count). The Bertz CT molecular complexity index is 928. The Labute approximate surface area is 154 Å². The van der Waals surface area contributed by atoms with E-state index < -0.39 is 5.97 Å². The van der Waals surface area contributed by atoms with Crippen molar-refractivity contribution in [2.75, 3.05) is 7.11 Å². The summed E-state index contributed by atoms with van der Waals surface area (Å²) >= 11 is 7.19. The van der Waals surface area contributed by atoms with Crippen molar-refractivity contribution in [3.63, 3.8) is 0 Å². The summed E-state index contributed by atoms with van der Waals surface area (Å²) in [6, 6.07) is 10.8. The van der Waals surface area contributed by atoms with Crippen molar-refractivity contribution in [2.45, 2.75) is 0 Å². The second-order valence-electron chi connectivity index (χ2n) is 5.27. The predicted molar refractivity (Wildman–Crippen MR) is 101 cm³/mol. The molecule has 0 unspecified atom stereocenters. The van der Waals surface area contributed by atoms with Crippen molar-refractivity contribution in [3.8, 4) is 0 Å². The molecule has 0 saturated carbocycles. The molecule has 1 aromatic heterocycles. The van der Waals surface area contributed by atoms with Crippen molar-refractivity contribution in [3.05, 3.63) is 69.5 Å². The van der Waals surface area contributed by atoms with Gasteiger partial charge in [-0.05, 0) is 36.4 Å². The molecule has 0 spiro atoms. The molecule has 2 heterocycles. The molecule has 128 valence electrons. The zero-order chi connectivity index (χ0) is 18.0.